The molecule has 4 N–H and O–H groups in total. The van der Waals surface area contributed by atoms with Gasteiger partial charge >= 0.3 is 5.97 Å². The first-order chi connectivity index (χ1) is 19.7. The minimum absolute atomic E-state index is 0.0125. The summed E-state index contributed by atoms with van der Waals surface area (Å²) in [6.07, 6.45) is 11.3. The molecule has 0 aromatic rings. The van der Waals surface area contributed by atoms with Gasteiger partial charge in [0.15, 0.2) is 0 Å². The zero-order chi connectivity index (χ0) is 30.7. The van der Waals surface area contributed by atoms with E-state index in [2.05, 4.69) is 58.8 Å². The number of amides is 1. The summed E-state index contributed by atoms with van der Waals surface area (Å²) >= 11 is 0. The fourth-order valence-corrected chi connectivity index (χ4v) is 12.6. The first-order valence-corrected chi connectivity index (χ1v) is 17.2. The van der Waals surface area contributed by atoms with E-state index in [4.69, 9.17) is 10.5 Å². The first-order valence-electron chi connectivity index (χ1n) is 17.2. The molecule has 5 fully saturated rings. The van der Waals surface area contributed by atoms with Crippen molar-refractivity contribution in [3.8, 4) is 0 Å². The lowest BCUT2D eigenvalue weighted by atomic mass is 9.32. The topological polar surface area (TPSA) is 93.5 Å². The average Bonchev–Trinajstić information content (AvgIpc) is 3.32. The maximum atomic E-state index is 14.1. The Morgan fingerprint density at radius 2 is 1.57 bits per heavy atom. The van der Waals surface area contributed by atoms with Crippen molar-refractivity contribution in [2.24, 2.45) is 62.4 Å². The highest BCUT2D eigenvalue weighted by Crippen LogP contribution is 2.77. The van der Waals surface area contributed by atoms with Crippen LogP contribution in [0.25, 0.3) is 0 Å². The molecule has 0 aliphatic heterocycles. The molecule has 0 saturated heterocycles. The number of nitrogens with two attached hydrogens (primary N) is 1. The van der Waals surface area contributed by atoms with Gasteiger partial charge < -0.3 is 21.1 Å². The summed E-state index contributed by atoms with van der Waals surface area (Å²) in [5, 5.41) is 6.70. The number of hydrogen-bond acceptors (Lipinski definition) is 5. The summed E-state index contributed by atoms with van der Waals surface area (Å²) in [5.74, 6) is 2.71. The van der Waals surface area contributed by atoms with E-state index in [1.807, 2.05) is 0 Å². The molecule has 10 atom stereocenters. The molecule has 5 saturated carbocycles. The van der Waals surface area contributed by atoms with E-state index in [1.54, 1.807) is 6.92 Å². The Morgan fingerprint density at radius 3 is 2.24 bits per heavy atom. The highest BCUT2D eigenvalue weighted by molar-refractivity contribution is 5.84. The molecule has 6 heteroatoms. The molecule has 0 radical (unpaired) electrons. The molecule has 5 aliphatic rings. The number of ether oxygens (including phenoxy) is 1. The molecule has 5 aliphatic carbocycles. The van der Waals surface area contributed by atoms with Gasteiger partial charge in [0, 0.05) is 38.5 Å². The van der Waals surface area contributed by atoms with Crippen LogP contribution in [0.5, 0.6) is 0 Å². The second-order valence-electron chi connectivity index (χ2n) is 16.6. The molecule has 4 unspecified atom stereocenters. The highest BCUT2D eigenvalue weighted by atomic mass is 16.5. The van der Waals surface area contributed by atoms with Crippen LogP contribution in [-0.2, 0) is 14.3 Å². The van der Waals surface area contributed by atoms with E-state index >= 15 is 0 Å². The predicted octanol–water partition coefficient (Wildman–Crippen LogP) is 6.24. The number of nitrogens with one attached hydrogen (secondary N) is 2. The van der Waals surface area contributed by atoms with E-state index in [-0.39, 0.29) is 39.1 Å². The van der Waals surface area contributed by atoms with Crippen LogP contribution < -0.4 is 16.4 Å². The summed E-state index contributed by atoms with van der Waals surface area (Å²) in [7, 11) is 0. The van der Waals surface area contributed by atoms with Crippen molar-refractivity contribution >= 4 is 11.9 Å². The van der Waals surface area contributed by atoms with Crippen LogP contribution in [-0.4, -0.2) is 44.2 Å². The Bertz CT molecular complexity index is 1070. The summed E-state index contributed by atoms with van der Waals surface area (Å²) in [5.41, 5.74) is 7.31. The van der Waals surface area contributed by atoms with Gasteiger partial charge in [-0.1, -0.05) is 46.8 Å². The van der Waals surface area contributed by atoms with Crippen LogP contribution >= 0.6 is 0 Å². The van der Waals surface area contributed by atoms with Crippen LogP contribution in [0.3, 0.4) is 0 Å². The van der Waals surface area contributed by atoms with E-state index in [1.165, 1.54) is 31.3 Å². The Hall–Kier alpha value is -1.40. The normalized spacial score (nSPS) is 45.5. The molecule has 0 aromatic carbocycles. The second kappa shape index (κ2) is 11.2. The monoisotopic (exact) mass is 583 g/mol. The molecule has 0 heterocycles. The summed E-state index contributed by atoms with van der Waals surface area (Å²) < 4.78 is 5.94. The molecule has 5 rings (SSSR count). The third kappa shape index (κ3) is 4.63. The summed E-state index contributed by atoms with van der Waals surface area (Å²) in [4.78, 5) is 26.1. The van der Waals surface area contributed by atoms with Gasteiger partial charge in [-0.3, -0.25) is 9.59 Å². The minimum atomic E-state index is -0.268. The van der Waals surface area contributed by atoms with Crippen LogP contribution in [0.15, 0.2) is 12.2 Å². The smallest absolute Gasteiger partial charge is 0.302 e. The molecular formula is C36H61N3O3. The highest BCUT2D eigenvalue weighted by Gasteiger charge is 2.72. The van der Waals surface area contributed by atoms with E-state index in [0.29, 0.717) is 48.6 Å². The first kappa shape index (κ1) is 32.0. The van der Waals surface area contributed by atoms with Crippen molar-refractivity contribution in [1.82, 2.24) is 10.6 Å². The molecule has 0 spiro atoms. The lowest BCUT2D eigenvalue weighted by molar-refractivity contribution is -0.248. The van der Waals surface area contributed by atoms with Gasteiger partial charge in [0.1, 0.15) is 6.10 Å². The Labute approximate surface area is 256 Å². The van der Waals surface area contributed by atoms with Crippen LogP contribution in [0.2, 0.25) is 0 Å². The van der Waals surface area contributed by atoms with E-state index in [0.717, 1.165) is 51.6 Å². The number of esters is 1. The van der Waals surface area contributed by atoms with Gasteiger partial charge in [-0.2, -0.15) is 0 Å². The van der Waals surface area contributed by atoms with Crippen molar-refractivity contribution in [2.45, 2.75) is 119 Å². The van der Waals surface area contributed by atoms with Gasteiger partial charge in [0.25, 0.3) is 0 Å². The SMILES string of the molecule is C=C(C)[C@@H]1CC[C@]2(C(=O)NCCNCCN)CC[C@]3(C)C(CCC4[C@@]5(C)CC[C@H](OC(C)=O)C(C)(C)C5CC[C@]43C)C12. The molecular weight excluding hydrogens is 522 g/mol. The van der Waals surface area contributed by atoms with Crippen LogP contribution in [0, 0.1) is 56.7 Å². The zero-order valence-electron chi connectivity index (χ0n) is 27.9. The quantitative estimate of drug-likeness (QED) is 0.179. The Kier molecular flexibility index (Phi) is 8.53. The van der Waals surface area contributed by atoms with Gasteiger partial charge in [-0.05, 0) is 117 Å². The molecule has 1 amide bonds. The van der Waals surface area contributed by atoms with Crippen molar-refractivity contribution in [3.63, 3.8) is 0 Å². The standard InChI is InChI=1S/C36H61N3O3/c1-23(2)25-11-16-36(31(41)39-22-21-38-20-19-37)18-17-34(7)26(30(25)36)9-10-28-33(6)14-13-29(42-24(3)40)32(4,5)27(33)12-15-35(28,34)8/h25-30,38H,1,9-22,37H2,2-8H3,(H,39,41)/t25-,26?,27?,28?,29-,30?,33-,34+,35+,36-/m0/s1. The van der Waals surface area contributed by atoms with Crippen molar-refractivity contribution in [3.05, 3.63) is 12.2 Å². The van der Waals surface area contributed by atoms with Gasteiger partial charge in [0.05, 0.1) is 5.41 Å². The average molecular weight is 584 g/mol. The third-order valence-electron chi connectivity index (χ3n) is 14.7. The third-order valence-corrected chi connectivity index (χ3v) is 14.7. The van der Waals surface area contributed by atoms with Gasteiger partial charge in [-0.15, -0.1) is 0 Å². The largest absolute Gasteiger partial charge is 0.462 e. The van der Waals surface area contributed by atoms with Crippen molar-refractivity contribution in [1.29, 1.82) is 0 Å². The Morgan fingerprint density at radius 1 is 0.833 bits per heavy atom. The second-order valence-corrected chi connectivity index (χ2v) is 16.6. The van der Waals surface area contributed by atoms with Gasteiger partial charge in [0.2, 0.25) is 5.91 Å². The van der Waals surface area contributed by atoms with Crippen LogP contribution in [0.4, 0.5) is 0 Å². The molecule has 0 bridgehead atoms. The molecule has 6 nitrogen and oxygen atoms in total. The fraction of sp³-hybridized carbons (Fsp3) is 0.889. The number of rotatable bonds is 8. The maximum absolute atomic E-state index is 14.1. The number of hydrogen-bond donors (Lipinski definition) is 3. The maximum Gasteiger partial charge on any atom is 0.302 e. The Balaban J connectivity index is 1.44. The lowest BCUT2D eigenvalue weighted by Gasteiger charge is -2.72. The number of allylic oxidation sites excluding steroid dienone is 1. The lowest BCUT2D eigenvalue weighted by Crippen LogP contribution is -2.67. The number of carbonyl (C=O) groups is 2. The fourth-order valence-electron chi connectivity index (χ4n) is 12.6. The van der Waals surface area contributed by atoms with E-state index in [9.17, 15) is 9.59 Å². The van der Waals surface area contributed by atoms with E-state index < -0.39 is 0 Å². The van der Waals surface area contributed by atoms with Gasteiger partial charge in [-0.25, -0.2) is 0 Å². The zero-order valence-corrected chi connectivity index (χ0v) is 27.9. The number of carbonyl (C=O) groups excluding carboxylic acids is 2. The van der Waals surface area contributed by atoms with Crippen molar-refractivity contribution < 1.29 is 14.3 Å². The van der Waals surface area contributed by atoms with Crippen molar-refractivity contribution in [2.75, 3.05) is 26.2 Å². The molecule has 0 aromatic heterocycles. The molecule has 42 heavy (non-hydrogen) atoms. The number of fused-ring (bicyclic) bond motifs is 7. The summed E-state index contributed by atoms with van der Waals surface area (Å²) in [6.45, 7) is 23.7. The molecule has 238 valence electrons. The van der Waals surface area contributed by atoms with Crippen LogP contribution in [0.1, 0.15) is 113 Å². The minimum Gasteiger partial charge on any atom is -0.462 e. The summed E-state index contributed by atoms with van der Waals surface area (Å²) in [6, 6.07) is 0. The predicted molar refractivity (Wildman–Crippen MR) is 169 cm³/mol.